The molecule has 4 nitrogen and oxygen atoms in total. The molecule has 1 unspecified atom stereocenters. The van der Waals surface area contributed by atoms with Gasteiger partial charge in [0, 0.05) is 6.20 Å². The van der Waals surface area contributed by atoms with E-state index in [-0.39, 0.29) is 11.6 Å². The Kier molecular flexibility index (Phi) is 3.39. The third kappa shape index (κ3) is 2.82. The number of carboxylic acids is 1. The van der Waals surface area contributed by atoms with Gasteiger partial charge in [0.05, 0.1) is 11.6 Å². The van der Waals surface area contributed by atoms with Crippen molar-refractivity contribution < 1.29 is 9.90 Å². The summed E-state index contributed by atoms with van der Waals surface area (Å²) in [5.74, 6) is -0.288. The molecular weight excluding hydrogens is 236 g/mol. The van der Waals surface area contributed by atoms with Gasteiger partial charge in [0.25, 0.3) is 0 Å². The van der Waals surface area contributed by atoms with Crippen LogP contribution in [0.5, 0.6) is 0 Å². The summed E-state index contributed by atoms with van der Waals surface area (Å²) in [4.78, 5) is 14.7. The smallest absolute Gasteiger partial charge is 0.337 e. The highest BCUT2D eigenvalue weighted by Gasteiger charge is 2.07. The summed E-state index contributed by atoms with van der Waals surface area (Å²) in [6, 6.07) is 5.42. The van der Waals surface area contributed by atoms with Crippen molar-refractivity contribution in [2.75, 3.05) is 5.32 Å². The molecule has 5 heteroatoms. The van der Waals surface area contributed by atoms with E-state index in [1.165, 1.54) is 17.8 Å². The van der Waals surface area contributed by atoms with Gasteiger partial charge >= 0.3 is 5.97 Å². The molecule has 0 saturated heterocycles. The van der Waals surface area contributed by atoms with E-state index >= 15 is 0 Å². The van der Waals surface area contributed by atoms with Crippen molar-refractivity contribution in [1.82, 2.24) is 4.98 Å². The number of carboxylic acid groups (broad SMARTS) is 1. The van der Waals surface area contributed by atoms with Crippen LogP contribution >= 0.6 is 11.3 Å². The number of hydrogen-bond donors (Lipinski definition) is 2. The van der Waals surface area contributed by atoms with Gasteiger partial charge in [-0.3, -0.25) is 0 Å². The first-order chi connectivity index (χ1) is 8.16. The van der Waals surface area contributed by atoms with Crippen LogP contribution in [0, 0.1) is 0 Å². The Morgan fingerprint density at radius 1 is 1.47 bits per heavy atom. The standard InChI is InChI=1S/C12H12N2O2S/c1-8(10-4-5-17-7-10)14-11-3-2-9(6-13-11)12(15)16/h2-8H,1H3,(H,13,14)(H,15,16). The minimum Gasteiger partial charge on any atom is -0.478 e. The summed E-state index contributed by atoms with van der Waals surface area (Å²) >= 11 is 1.65. The molecule has 0 spiro atoms. The topological polar surface area (TPSA) is 62.2 Å². The zero-order chi connectivity index (χ0) is 12.3. The molecule has 2 aromatic rings. The molecule has 2 N–H and O–H groups in total. The van der Waals surface area contributed by atoms with Crippen molar-refractivity contribution in [2.24, 2.45) is 0 Å². The van der Waals surface area contributed by atoms with Crippen LogP contribution in [0.3, 0.4) is 0 Å². The highest BCUT2D eigenvalue weighted by atomic mass is 32.1. The molecule has 0 aliphatic heterocycles. The Labute approximate surface area is 103 Å². The van der Waals surface area contributed by atoms with Gasteiger partial charge in [-0.05, 0) is 41.4 Å². The maximum atomic E-state index is 10.7. The first-order valence-corrected chi connectivity index (χ1v) is 6.09. The molecule has 0 amide bonds. The molecule has 0 aliphatic rings. The van der Waals surface area contributed by atoms with Crippen LogP contribution in [0.1, 0.15) is 28.9 Å². The predicted octanol–water partition coefficient (Wildman–Crippen LogP) is 3.01. The van der Waals surface area contributed by atoms with Crippen molar-refractivity contribution in [3.63, 3.8) is 0 Å². The van der Waals surface area contributed by atoms with Crippen LogP contribution in [0.25, 0.3) is 0 Å². The molecule has 0 bridgehead atoms. The second-order valence-corrected chi connectivity index (χ2v) is 4.44. The van der Waals surface area contributed by atoms with E-state index in [0.29, 0.717) is 5.82 Å². The zero-order valence-corrected chi connectivity index (χ0v) is 10.1. The number of nitrogens with zero attached hydrogens (tertiary/aromatic N) is 1. The van der Waals surface area contributed by atoms with E-state index in [2.05, 4.69) is 15.7 Å². The second-order valence-electron chi connectivity index (χ2n) is 3.66. The van der Waals surface area contributed by atoms with Crippen LogP contribution in [-0.4, -0.2) is 16.1 Å². The predicted molar refractivity (Wildman–Crippen MR) is 67.6 cm³/mol. The molecule has 0 aromatic carbocycles. The summed E-state index contributed by atoms with van der Waals surface area (Å²) in [5, 5.41) is 16.1. The first-order valence-electron chi connectivity index (χ1n) is 5.15. The average Bonchev–Trinajstić information content (AvgIpc) is 2.83. The molecule has 88 valence electrons. The summed E-state index contributed by atoms with van der Waals surface area (Å²) < 4.78 is 0. The normalized spacial score (nSPS) is 12.1. The molecule has 0 aliphatic carbocycles. The zero-order valence-electron chi connectivity index (χ0n) is 9.25. The number of aromatic carboxylic acids is 1. The number of aromatic nitrogens is 1. The van der Waals surface area contributed by atoms with Gasteiger partial charge in [0.2, 0.25) is 0 Å². The number of carbonyl (C=O) groups is 1. The van der Waals surface area contributed by atoms with E-state index in [1.54, 1.807) is 17.4 Å². The van der Waals surface area contributed by atoms with E-state index < -0.39 is 5.97 Å². The molecule has 2 aromatic heterocycles. The average molecular weight is 248 g/mol. The van der Waals surface area contributed by atoms with Crippen molar-refractivity contribution in [1.29, 1.82) is 0 Å². The minimum absolute atomic E-state index is 0.157. The Balaban J connectivity index is 2.06. The number of rotatable bonds is 4. The monoisotopic (exact) mass is 248 g/mol. The number of hydrogen-bond acceptors (Lipinski definition) is 4. The van der Waals surface area contributed by atoms with Gasteiger partial charge in [-0.15, -0.1) is 0 Å². The van der Waals surface area contributed by atoms with Gasteiger partial charge in [-0.1, -0.05) is 0 Å². The largest absolute Gasteiger partial charge is 0.478 e. The van der Waals surface area contributed by atoms with Crippen LogP contribution in [0.15, 0.2) is 35.2 Å². The van der Waals surface area contributed by atoms with E-state index in [1.807, 2.05) is 18.4 Å². The Hall–Kier alpha value is -1.88. The lowest BCUT2D eigenvalue weighted by atomic mass is 10.2. The van der Waals surface area contributed by atoms with Gasteiger partial charge < -0.3 is 10.4 Å². The fraction of sp³-hybridized carbons (Fsp3) is 0.167. The number of nitrogens with one attached hydrogen (secondary N) is 1. The molecule has 0 fully saturated rings. The fourth-order valence-electron chi connectivity index (χ4n) is 1.43. The lowest BCUT2D eigenvalue weighted by Crippen LogP contribution is -2.07. The molecule has 2 rings (SSSR count). The van der Waals surface area contributed by atoms with Crippen LogP contribution < -0.4 is 5.32 Å². The number of pyridine rings is 1. The third-order valence-electron chi connectivity index (χ3n) is 2.42. The molecule has 0 saturated carbocycles. The van der Waals surface area contributed by atoms with Gasteiger partial charge in [-0.2, -0.15) is 11.3 Å². The van der Waals surface area contributed by atoms with Crippen LogP contribution in [0.2, 0.25) is 0 Å². The molecular formula is C12H12N2O2S. The quantitative estimate of drug-likeness (QED) is 0.873. The maximum Gasteiger partial charge on any atom is 0.337 e. The molecule has 0 radical (unpaired) electrons. The highest BCUT2D eigenvalue weighted by molar-refractivity contribution is 7.07. The van der Waals surface area contributed by atoms with Crippen LogP contribution in [-0.2, 0) is 0 Å². The Morgan fingerprint density at radius 2 is 2.29 bits per heavy atom. The Morgan fingerprint density at radius 3 is 2.82 bits per heavy atom. The highest BCUT2D eigenvalue weighted by Crippen LogP contribution is 2.19. The lowest BCUT2D eigenvalue weighted by molar-refractivity contribution is 0.0696. The van der Waals surface area contributed by atoms with E-state index in [4.69, 9.17) is 5.11 Å². The van der Waals surface area contributed by atoms with Gasteiger partial charge in [-0.25, -0.2) is 9.78 Å². The van der Waals surface area contributed by atoms with Crippen molar-refractivity contribution >= 4 is 23.1 Å². The summed E-state index contributed by atoms with van der Waals surface area (Å²) in [6.45, 7) is 2.04. The van der Waals surface area contributed by atoms with E-state index in [0.717, 1.165) is 0 Å². The van der Waals surface area contributed by atoms with Crippen LogP contribution in [0.4, 0.5) is 5.82 Å². The summed E-state index contributed by atoms with van der Waals surface area (Å²) in [7, 11) is 0. The number of anilines is 1. The molecule has 17 heavy (non-hydrogen) atoms. The molecule has 1 atom stereocenters. The first kappa shape index (κ1) is 11.6. The Bertz CT molecular complexity index is 494. The van der Waals surface area contributed by atoms with Gasteiger partial charge in [0.15, 0.2) is 0 Å². The number of thiophene rings is 1. The maximum absolute atomic E-state index is 10.7. The lowest BCUT2D eigenvalue weighted by Gasteiger charge is -2.12. The summed E-state index contributed by atoms with van der Waals surface area (Å²) in [6.07, 6.45) is 1.35. The van der Waals surface area contributed by atoms with Gasteiger partial charge in [0.1, 0.15) is 5.82 Å². The third-order valence-corrected chi connectivity index (χ3v) is 3.12. The fourth-order valence-corrected chi connectivity index (χ4v) is 2.19. The second kappa shape index (κ2) is 4.97. The van der Waals surface area contributed by atoms with Crippen molar-refractivity contribution in [3.8, 4) is 0 Å². The van der Waals surface area contributed by atoms with Crippen molar-refractivity contribution in [2.45, 2.75) is 13.0 Å². The minimum atomic E-state index is -0.963. The summed E-state index contributed by atoms with van der Waals surface area (Å²) in [5.41, 5.74) is 1.39. The van der Waals surface area contributed by atoms with E-state index in [9.17, 15) is 4.79 Å². The molecule has 2 heterocycles. The SMILES string of the molecule is CC(Nc1ccc(C(=O)O)cn1)c1ccsc1. The van der Waals surface area contributed by atoms with Crippen molar-refractivity contribution in [3.05, 3.63) is 46.3 Å².